The molecule has 1 aromatic rings. The van der Waals surface area contributed by atoms with E-state index in [-0.39, 0.29) is 24.2 Å². The van der Waals surface area contributed by atoms with Crippen LogP contribution in [0.4, 0.5) is 4.39 Å². The zero-order chi connectivity index (χ0) is 17.0. The molecule has 0 spiro atoms. The maximum Gasteiger partial charge on any atom is 0.237 e. The van der Waals surface area contributed by atoms with Gasteiger partial charge in [-0.2, -0.15) is 4.31 Å². The molecular weight excluding hydrogens is 319 g/mol. The number of carbonyl (C=O) groups excluding carboxylic acids is 1. The molecule has 1 unspecified atom stereocenters. The van der Waals surface area contributed by atoms with Crippen molar-refractivity contribution in [1.29, 1.82) is 0 Å². The molecule has 1 aliphatic heterocycles. The topological polar surface area (TPSA) is 57.7 Å². The Kier molecular flexibility index (Phi) is 5.75. The largest absolute Gasteiger partial charge is 0.341 e. The maximum absolute atomic E-state index is 13.1. The maximum atomic E-state index is 13.1. The van der Waals surface area contributed by atoms with E-state index in [1.807, 2.05) is 0 Å². The van der Waals surface area contributed by atoms with Crippen molar-refractivity contribution in [3.63, 3.8) is 0 Å². The lowest BCUT2D eigenvalue weighted by Gasteiger charge is -2.26. The lowest BCUT2D eigenvalue weighted by atomic mass is 9.94. The van der Waals surface area contributed by atoms with Gasteiger partial charge in [0.2, 0.25) is 15.9 Å². The number of halogens is 1. The second-order valence-electron chi connectivity index (χ2n) is 6.10. The molecule has 0 saturated carbocycles. The minimum Gasteiger partial charge on any atom is -0.341 e. The molecule has 2 rings (SSSR count). The highest BCUT2D eigenvalue weighted by Gasteiger charge is 2.25. The fraction of sp³-hybridized carbons (Fsp3) is 0.562. The first kappa shape index (κ1) is 17.9. The predicted octanol–water partition coefficient (Wildman–Crippen LogP) is 1.81. The van der Waals surface area contributed by atoms with Gasteiger partial charge in [-0.25, -0.2) is 12.8 Å². The van der Waals surface area contributed by atoms with Gasteiger partial charge in [-0.05, 0) is 30.5 Å². The molecule has 1 atom stereocenters. The van der Waals surface area contributed by atoms with Gasteiger partial charge >= 0.3 is 0 Å². The van der Waals surface area contributed by atoms with Gasteiger partial charge in [0.15, 0.2) is 0 Å². The average Bonchev–Trinajstić information content (AvgIpc) is 2.73. The Balaban J connectivity index is 2.07. The zero-order valence-electron chi connectivity index (χ0n) is 13.5. The van der Waals surface area contributed by atoms with Crippen molar-refractivity contribution >= 4 is 15.9 Å². The number of likely N-dealkylation sites (N-methyl/N-ethyl adjacent to an activating group) is 1. The van der Waals surface area contributed by atoms with E-state index in [0.29, 0.717) is 13.1 Å². The number of benzene rings is 1. The van der Waals surface area contributed by atoms with Crippen LogP contribution >= 0.6 is 0 Å². The van der Waals surface area contributed by atoms with Crippen molar-refractivity contribution in [2.75, 3.05) is 32.9 Å². The minimum atomic E-state index is -3.37. The number of likely N-dealkylation sites (tertiary alicyclic amines) is 1. The van der Waals surface area contributed by atoms with Gasteiger partial charge in [0, 0.05) is 26.1 Å². The molecule has 1 amide bonds. The summed E-state index contributed by atoms with van der Waals surface area (Å²) >= 11 is 0. The molecule has 128 valence electrons. The molecule has 0 radical (unpaired) electrons. The molecule has 0 aliphatic carbocycles. The van der Waals surface area contributed by atoms with Crippen LogP contribution in [0.1, 0.15) is 30.7 Å². The standard InChI is InChI=1S/C16H23FN2O3S/c1-18(23(2,21)22)12-16(20)19-10-4-3-5-14(11-19)13-6-8-15(17)9-7-13/h6-9,14H,3-5,10-12H2,1-2H3. The fourth-order valence-corrected chi connectivity index (χ4v) is 3.13. The normalized spacial score (nSPS) is 19.7. The van der Waals surface area contributed by atoms with Crippen molar-refractivity contribution < 1.29 is 17.6 Å². The Bertz CT molecular complexity index is 646. The van der Waals surface area contributed by atoms with E-state index in [4.69, 9.17) is 0 Å². The molecule has 0 N–H and O–H groups in total. The van der Waals surface area contributed by atoms with Crippen LogP contribution in [0.25, 0.3) is 0 Å². The third-order valence-electron chi connectivity index (χ3n) is 4.29. The van der Waals surface area contributed by atoms with Crippen LogP contribution in [0.5, 0.6) is 0 Å². The van der Waals surface area contributed by atoms with E-state index in [1.165, 1.54) is 19.2 Å². The van der Waals surface area contributed by atoms with Crippen molar-refractivity contribution in [2.45, 2.75) is 25.2 Å². The highest BCUT2D eigenvalue weighted by molar-refractivity contribution is 7.88. The molecule has 0 aromatic heterocycles. The van der Waals surface area contributed by atoms with Crippen molar-refractivity contribution in [3.8, 4) is 0 Å². The van der Waals surface area contributed by atoms with Gasteiger partial charge in [0.25, 0.3) is 0 Å². The molecule has 1 aromatic carbocycles. The zero-order valence-corrected chi connectivity index (χ0v) is 14.4. The molecule has 7 heteroatoms. The molecule has 5 nitrogen and oxygen atoms in total. The van der Waals surface area contributed by atoms with E-state index >= 15 is 0 Å². The number of nitrogens with zero attached hydrogens (tertiary/aromatic N) is 2. The smallest absolute Gasteiger partial charge is 0.237 e. The van der Waals surface area contributed by atoms with Crippen LogP contribution in [0.2, 0.25) is 0 Å². The summed E-state index contributed by atoms with van der Waals surface area (Å²) in [5, 5.41) is 0. The summed E-state index contributed by atoms with van der Waals surface area (Å²) < 4.78 is 37.0. The Morgan fingerprint density at radius 2 is 1.96 bits per heavy atom. The van der Waals surface area contributed by atoms with Crippen LogP contribution < -0.4 is 0 Å². The summed E-state index contributed by atoms with van der Waals surface area (Å²) in [5.74, 6) is -0.303. The number of amides is 1. The van der Waals surface area contributed by atoms with E-state index < -0.39 is 10.0 Å². The molecule has 1 aliphatic rings. The Hall–Kier alpha value is -1.47. The van der Waals surface area contributed by atoms with Gasteiger partial charge in [-0.15, -0.1) is 0 Å². The number of hydrogen-bond acceptors (Lipinski definition) is 3. The third kappa shape index (κ3) is 5.00. The number of hydrogen-bond donors (Lipinski definition) is 0. The van der Waals surface area contributed by atoms with E-state index in [9.17, 15) is 17.6 Å². The van der Waals surface area contributed by atoms with Crippen LogP contribution in [-0.2, 0) is 14.8 Å². The summed E-state index contributed by atoms with van der Waals surface area (Å²) in [6.07, 6.45) is 3.92. The van der Waals surface area contributed by atoms with Crippen molar-refractivity contribution in [2.24, 2.45) is 0 Å². The minimum absolute atomic E-state index is 0.144. The van der Waals surface area contributed by atoms with Gasteiger partial charge < -0.3 is 4.90 Å². The fourth-order valence-electron chi connectivity index (χ4n) is 2.78. The van der Waals surface area contributed by atoms with Crippen LogP contribution in [0.15, 0.2) is 24.3 Å². The Morgan fingerprint density at radius 1 is 1.30 bits per heavy atom. The average molecular weight is 342 g/mol. The molecule has 0 bridgehead atoms. The van der Waals surface area contributed by atoms with Crippen LogP contribution in [0.3, 0.4) is 0 Å². The van der Waals surface area contributed by atoms with Crippen LogP contribution in [0, 0.1) is 5.82 Å². The first-order chi connectivity index (χ1) is 10.8. The third-order valence-corrected chi connectivity index (χ3v) is 5.55. The number of rotatable bonds is 4. The monoisotopic (exact) mass is 342 g/mol. The number of sulfonamides is 1. The molecule has 1 heterocycles. The van der Waals surface area contributed by atoms with Gasteiger partial charge in [0.1, 0.15) is 5.82 Å². The molecule has 1 saturated heterocycles. The molecular formula is C16H23FN2O3S. The van der Waals surface area contributed by atoms with Crippen molar-refractivity contribution in [1.82, 2.24) is 9.21 Å². The second kappa shape index (κ2) is 7.40. The predicted molar refractivity (Wildman–Crippen MR) is 87.0 cm³/mol. The number of carbonyl (C=O) groups is 1. The van der Waals surface area contributed by atoms with Gasteiger partial charge in [0.05, 0.1) is 12.8 Å². The summed E-state index contributed by atoms with van der Waals surface area (Å²) in [4.78, 5) is 14.1. The van der Waals surface area contributed by atoms with E-state index in [1.54, 1.807) is 17.0 Å². The summed E-state index contributed by atoms with van der Waals surface area (Å²) in [6, 6.07) is 6.39. The first-order valence-corrected chi connectivity index (χ1v) is 9.57. The Morgan fingerprint density at radius 3 is 2.57 bits per heavy atom. The summed E-state index contributed by atoms with van der Waals surface area (Å²) in [7, 11) is -1.97. The summed E-state index contributed by atoms with van der Waals surface area (Å²) in [6.45, 7) is 1.03. The second-order valence-corrected chi connectivity index (χ2v) is 8.19. The lowest BCUT2D eigenvalue weighted by molar-refractivity contribution is -0.131. The SMILES string of the molecule is CN(CC(=O)N1CCCCC(c2ccc(F)cc2)C1)S(C)(=O)=O. The quantitative estimate of drug-likeness (QED) is 0.838. The van der Waals surface area contributed by atoms with Gasteiger partial charge in [-0.3, -0.25) is 4.79 Å². The highest BCUT2D eigenvalue weighted by atomic mass is 32.2. The van der Waals surface area contributed by atoms with Gasteiger partial charge in [-0.1, -0.05) is 18.6 Å². The first-order valence-electron chi connectivity index (χ1n) is 7.72. The highest BCUT2D eigenvalue weighted by Crippen LogP contribution is 2.26. The van der Waals surface area contributed by atoms with Crippen LogP contribution in [-0.4, -0.2) is 56.5 Å². The lowest BCUT2D eigenvalue weighted by Crippen LogP contribution is -2.42. The molecule has 23 heavy (non-hydrogen) atoms. The molecule has 1 fully saturated rings. The Labute approximate surface area is 137 Å². The summed E-state index contributed by atoms with van der Waals surface area (Å²) in [5.41, 5.74) is 1.02. The van der Waals surface area contributed by atoms with E-state index in [0.717, 1.165) is 35.4 Å². The van der Waals surface area contributed by atoms with E-state index in [2.05, 4.69) is 0 Å². The van der Waals surface area contributed by atoms with Crippen molar-refractivity contribution in [3.05, 3.63) is 35.6 Å².